The molecule has 0 saturated heterocycles. The van der Waals surface area contributed by atoms with Gasteiger partial charge in [0, 0.05) is 11.1 Å². The van der Waals surface area contributed by atoms with Gasteiger partial charge in [0.25, 0.3) is 5.91 Å². The van der Waals surface area contributed by atoms with Crippen molar-refractivity contribution in [3.05, 3.63) is 59.2 Å². The molecule has 5 nitrogen and oxygen atoms in total. The lowest BCUT2D eigenvalue weighted by atomic mass is 9.99. The fraction of sp³-hybridized carbons (Fsp3) is 0.263. The van der Waals surface area contributed by atoms with Crippen molar-refractivity contribution in [3.63, 3.8) is 0 Å². The van der Waals surface area contributed by atoms with E-state index in [0.717, 1.165) is 29.5 Å². The van der Waals surface area contributed by atoms with E-state index < -0.39 is 6.17 Å². The molecular weight excluding hydrogens is 302 g/mol. The number of hydrogen-bond acceptors (Lipinski definition) is 4. The molecule has 0 spiro atoms. The van der Waals surface area contributed by atoms with Crippen LogP contribution in [0.25, 0.3) is 0 Å². The van der Waals surface area contributed by atoms with Gasteiger partial charge in [-0.05, 0) is 31.9 Å². The molecule has 4 rings (SSSR count). The number of ether oxygens (including phenoxy) is 1. The minimum atomic E-state index is -0.943. The number of benzodiazepines with no additional fused rings is 1. The molecule has 1 atom stereocenters. The first-order valence-corrected chi connectivity index (χ1v) is 8.13. The van der Waals surface area contributed by atoms with Gasteiger partial charge >= 0.3 is 0 Å². The molecule has 0 bridgehead atoms. The minimum Gasteiger partial charge on any atom is -0.488 e. The summed E-state index contributed by atoms with van der Waals surface area (Å²) < 4.78 is 5.96. The predicted molar refractivity (Wildman–Crippen MR) is 93.5 cm³/mol. The molecule has 1 aliphatic carbocycles. The van der Waals surface area contributed by atoms with Gasteiger partial charge in [-0.3, -0.25) is 9.79 Å². The Morgan fingerprint density at radius 1 is 1.21 bits per heavy atom. The smallest absolute Gasteiger partial charge is 0.263 e. The Hall–Kier alpha value is -2.66. The summed E-state index contributed by atoms with van der Waals surface area (Å²) in [7, 11) is 0. The van der Waals surface area contributed by atoms with E-state index in [-0.39, 0.29) is 12.0 Å². The Labute approximate surface area is 140 Å². The van der Waals surface area contributed by atoms with Gasteiger partial charge < -0.3 is 15.8 Å². The van der Waals surface area contributed by atoms with E-state index in [4.69, 9.17) is 10.5 Å². The number of anilines is 1. The summed E-state index contributed by atoms with van der Waals surface area (Å²) in [5.41, 5.74) is 10.2. The summed E-state index contributed by atoms with van der Waals surface area (Å²) in [5.74, 6) is 0.351. The highest BCUT2D eigenvalue weighted by Crippen LogP contribution is 2.36. The molecule has 1 saturated carbocycles. The highest BCUT2D eigenvalue weighted by atomic mass is 16.5. The van der Waals surface area contributed by atoms with Crippen LogP contribution in [-0.2, 0) is 4.79 Å². The van der Waals surface area contributed by atoms with E-state index in [1.165, 1.54) is 0 Å². The van der Waals surface area contributed by atoms with E-state index in [2.05, 4.69) is 10.3 Å². The molecule has 0 radical (unpaired) electrons. The zero-order valence-corrected chi connectivity index (χ0v) is 13.5. The van der Waals surface area contributed by atoms with Crippen molar-refractivity contribution >= 4 is 17.3 Å². The van der Waals surface area contributed by atoms with Gasteiger partial charge in [0.2, 0.25) is 0 Å². The number of benzene rings is 2. The van der Waals surface area contributed by atoms with Crippen LogP contribution in [0.4, 0.5) is 5.69 Å². The lowest BCUT2D eigenvalue weighted by Gasteiger charge is -2.15. The fourth-order valence-electron chi connectivity index (χ4n) is 2.81. The van der Waals surface area contributed by atoms with Gasteiger partial charge in [-0.25, -0.2) is 0 Å². The van der Waals surface area contributed by atoms with Gasteiger partial charge in [0.15, 0.2) is 6.17 Å². The fourth-order valence-corrected chi connectivity index (χ4v) is 2.81. The first-order valence-electron chi connectivity index (χ1n) is 8.13. The molecule has 1 fully saturated rings. The number of nitrogens with two attached hydrogens (primary N) is 1. The van der Waals surface area contributed by atoms with E-state index in [1.807, 2.05) is 49.4 Å². The SMILES string of the molecule is Cc1cccc(C2=N[C@H](N)C(=O)Nc3c(OC4CC4)cccc32)c1. The number of rotatable bonds is 3. The minimum absolute atomic E-state index is 0.240. The van der Waals surface area contributed by atoms with Crippen molar-refractivity contribution < 1.29 is 9.53 Å². The standard InChI is InChI=1S/C19H19N3O2/c1-11-4-2-5-12(10-11)16-14-6-3-7-15(24-13-8-9-13)17(14)22-19(23)18(20)21-16/h2-7,10,13,18H,8-9,20H2,1H3,(H,22,23)/t18-/m0/s1. The Kier molecular flexibility index (Phi) is 3.58. The summed E-state index contributed by atoms with van der Waals surface area (Å²) in [5, 5.41) is 2.88. The average molecular weight is 321 g/mol. The average Bonchev–Trinajstić information content (AvgIpc) is 3.38. The normalized spacial score (nSPS) is 19.8. The van der Waals surface area contributed by atoms with Crippen molar-refractivity contribution in [1.82, 2.24) is 0 Å². The molecular formula is C19H19N3O2. The molecule has 2 aliphatic rings. The van der Waals surface area contributed by atoms with Crippen molar-refractivity contribution in [2.24, 2.45) is 10.7 Å². The van der Waals surface area contributed by atoms with Crippen LogP contribution in [0.1, 0.15) is 29.5 Å². The third-order valence-electron chi connectivity index (χ3n) is 4.18. The van der Waals surface area contributed by atoms with Crippen LogP contribution in [0.2, 0.25) is 0 Å². The maximum absolute atomic E-state index is 12.3. The van der Waals surface area contributed by atoms with E-state index in [1.54, 1.807) is 0 Å². The third kappa shape index (κ3) is 2.78. The van der Waals surface area contributed by atoms with Gasteiger partial charge in [-0.1, -0.05) is 35.9 Å². The number of aryl methyl sites for hydroxylation is 1. The van der Waals surface area contributed by atoms with Crippen LogP contribution < -0.4 is 15.8 Å². The van der Waals surface area contributed by atoms with E-state index >= 15 is 0 Å². The van der Waals surface area contributed by atoms with Crippen LogP contribution in [0.15, 0.2) is 47.5 Å². The van der Waals surface area contributed by atoms with Crippen LogP contribution in [0, 0.1) is 6.92 Å². The van der Waals surface area contributed by atoms with Crippen molar-refractivity contribution in [1.29, 1.82) is 0 Å². The molecule has 24 heavy (non-hydrogen) atoms. The molecule has 3 N–H and O–H groups in total. The highest BCUT2D eigenvalue weighted by molar-refractivity contribution is 6.20. The molecule has 0 aromatic heterocycles. The lowest BCUT2D eigenvalue weighted by Crippen LogP contribution is -2.33. The Bertz CT molecular complexity index is 840. The number of nitrogens with one attached hydrogen (secondary N) is 1. The molecule has 2 aromatic carbocycles. The van der Waals surface area contributed by atoms with Gasteiger partial charge in [0.05, 0.1) is 17.5 Å². The van der Waals surface area contributed by atoms with Crippen molar-refractivity contribution in [2.45, 2.75) is 32.0 Å². The lowest BCUT2D eigenvalue weighted by molar-refractivity contribution is -0.117. The Balaban J connectivity index is 1.87. The van der Waals surface area contributed by atoms with E-state index in [9.17, 15) is 4.79 Å². The van der Waals surface area contributed by atoms with Crippen LogP contribution in [0.3, 0.4) is 0 Å². The number of fused-ring (bicyclic) bond motifs is 1. The topological polar surface area (TPSA) is 76.7 Å². The van der Waals surface area contributed by atoms with Crippen molar-refractivity contribution in [3.8, 4) is 5.75 Å². The quantitative estimate of drug-likeness (QED) is 0.912. The first kappa shape index (κ1) is 14.9. The maximum atomic E-state index is 12.3. The second-order valence-electron chi connectivity index (χ2n) is 6.28. The van der Waals surface area contributed by atoms with Crippen molar-refractivity contribution in [2.75, 3.05) is 5.32 Å². The number of para-hydroxylation sites is 1. The summed E-state index contributed by atoms with van der Waals surface area (Å²) in [6.45, 7) is 2.03. The molecule has 5 heteroatoms. The molecule has 1 amide bonds. The van der Waals surface area contributed by atoms with Gasteiger partial charge in [-0.15, -0.1) is 0 Å². The zero-order chi connectivity index (χ0) is 16.7. The molecule has 122 valence electrons. The molecule has 0 unspecified atom stereocenters. The number of amides is 1. The summed E-state index contributed by atoms with van der Waals surface area (Å²) in [6, 6.07) is 13.8. The predicted octanol–water partition coefficient (Wildman–Crippen LogP) is 2.61. The number of hydrogen-bond donors (Lipinski definition) is 2. The largest absolute Gasteiger partial charge is 0.488 e. The molecule has 1 heterocycles. The zero-order valence-electron chi connectivity index (χ0n) is 13.5. The summed E-state index contributed by atoms with van der Waals surface area (Å²) in [4.78, 5) is 16.7. The van der Waals surface area contributed by atoms with Crippen LogP contribution in [-0.4, -0.2) is 23.9 Å². The first-order chi connectivity index (χ1) is 11.6. The number of aliphatic imine (C=N–C) groups is 1. The molecule has 2 aromatic rings. The van der Waals surface area contributed by atoms with Crippen LogP contribution in [0.5, 0.6) is 5.75 Å². The monoisotopic (exact) mass is 321 g/mol. The Morgan fingerprint density at radius 3 is 2.75 bits per heavy atom. The summed E-state index contributed by atoms with van der Waals surface area (Å²) >= 11 is 0. The third-order valence-corrected chi connectivity index (χ3v) is 4.18. The second kappa shape index (κ2) is 5.76. The summed E-state index contributed by atoms with van der Waals surface area (Å²) in [6.07, 6.45) is 1.40. The maximum Gasteiger partial charge on any atom is 0.263 e. The second-order valence-corrected chi connectivity index (χ2v) is 6.28. The number of nitrogens with zero attached hydrogens (tertiary/aromatic N) is 1. The highest BCUT2D eigenvalue weighted by Gasteiger charge is 2.29. The van der Waals surface area contributed by atoms with E-state index in [0.29, 0.717) is 17.1 Å². The molecule has 1 aliphatic heterocycles. The number of carbonyl (C=O) groups is 1. The number of carbonyl (C=O) groups excluding carboxylic acids is 1. The van der Waals surface area contributed by atoms with Gasteiger partial charge in [0.1, 0.15) is 5.75 Å². The van der Waals surface area contributed by atoms with Gasteiger partial charge in [-0.2, -0.15) is 0 Å². The van der Waals surface area contributed by atoms with Crippen LogP contribution >= 0.6 is 0 Å². The Morgan fingerprint density at radius 2 is 2.00 bits per heavy atom.